The predicted octanol–water partition coefficient (Wildman–Crippen LogP) is 2.88. The van der Waals surface area contributed by atoms with Gasteiger partial charge in [-0.1, -0.05) is 42.5 Å². The number of carbonyl (C=O) groups is 1. The molecule has 1 aliphatic rings. The van der Waals surface area contributed by atoms with Crippen LogP contribution in [-0.2, 0) is 0 Å². The third-order valence-electron chi connectivity index (χ3n) is 2.68. The Labute approximate surface area is 129 Å². The van der Waals surface area contributed by atoms with Crippen LogP contribution in [0.5, 0.6) is 5.75 Å². The molecule has 0 heterocycles. The number of ketones is 1. The predicted molar refractivity (Wildman–Crippen MR) is 73.7 cm³/mol. The number of para-hydroxylation sites is 1. The first kappa shape index (κ1) is 15.0. The van der Waals surface area contributed by atoms with Crippen LogP contribution in [0.1, 0.15) is 16.8 Å². The van der Waals surface area contributed by atoms with Gasteiger partial charge in [0, 0.05) is 29.6 Å². The molecule has 0 bridgehead atoms. The molecule has 1 radical (unpaired) electrons. The average Bonchev–Trinajstić information content (AvgIpc) is 2.38. The van der Waals surface area contributed by atoms with Crippen LogP contribution < -0.4 is 0 Å². The van der Waals surface area contributed by atoms with E-state index in [9.17, 15) is 9.90 Å². The van der Waals surface area contributed by atoms with Crippen LogP contribution in [0.4, 0.5) is 0 Å². The van der Waals surface area contributed by atoms with Gasteiger partial charge in [0.1, 0.15) is 5.75 Å². The fourth-order valence-electron chi connectivity index (χ4n) is 1.73. The average molecular weight is 249 g/mol. The maximum Gasteiger partial charge on any atom is 0.189 e. The molecule has 0 aliphatic heterocycles. The van der Waals surface area contributed by atoms with Crippen LogP contribution in [0.15, 0.2) is 60.7 Å². The fourth-order valence-corrected chi connectivity index (χ4v) is 1.73. The fraction of sp³-hybridized carbons (Fsp3) is 0.133. The van der Waals surface area contributed by atoms with Crippen molar-refractivity contribution in [2.75, 3.05) is 0 Å². The summed E-state index contributed by atoms with van der Waals surface area (Å²) in [4.78, 5) is 11.8. The second-order valence-electron chi connectivity index (χ2n) is 3.95. The minimum atomic E-state index is -0.161. The second kappa shape index (κ2) is 7.37. The molecule has 0 saturated heterocycles. The Balaban J connectivity index is 0.00000162. The van der Waals surface area contributed by atoms with Crippen molar-refractivity contribution in [2.24, 2.45) is 5.92 Å². The van der Waals surface area contributed by atoms with Gasteiger partial charge in [-0.2, -0.15) is 0 Å². The van der Waals surface area contributed by atoms with Gasteiger partial charge in [-0.05, 0) is 30.5 Å². The molecule has 0 spiro atoms. The van der Waals surface area contributed by atoms with E-state index in [0.717, 1.165) is 6.42 Å². The summed E-state index contributed by atoms with van der Waals surface area (Å²) in [6, 6.07) is 6.58. The molecule has 0 aromatic heterocycles. The zero-order valence-corrected chi connectivity index (χ0v) is 12.4. The van der Waals surface area contributed by atoms with E-state index in [1.54, 1.807) is 18.2 Å². The molecule has 1 aromatic carbocycles. The van der Waals surface area contributed by atoms with E-state index in [1.165, 1.54) is 12.1 Å². The minimum absolute atomic E-state index is 0. The summed E-state index contributed by atoms with van der Waals surface area (Å²) in [5.74, 6) is 0.141. The molecule has 2 rings (SSSR count). The maximum atomic E-state index is 11.8. The van der Waals surface area contributed by atoms with Crippen LogP contribution >= 0.6 is 0 Å². The number of rotatable bonds is 3. The molecule has 1 atom stereocenters. The van der Waals surface area contributed by atoms with E-state index in [0.29, 0.717) is 5.56 Å². The van der Waals surface area contributed by atoms with Gasteiger partial charge in [-0.25, -0.2) is 0 Å². The van der Waals surface area contributed by atoms with E-state index < -0.39 is 0 Å². The van der Waals surface area contributed by atoms with E-state index in [2.05, 4.69) is 12.2 Å². The first-order valence-electron chi connectivity index (χ1n) is 5.61. The Morgan fingerprint density at radius 3 is 2.72 bits per heavy atom. The van der Waals surface area contributed by atoms with Gasteiger partial charge in [0.15, 0.2) is 5.78 Å². The molecule has 1 N–H and O–H groups in total. The minimum Gasteiger partial charge on any atom is -0.507 e. The van der Waals surface area contributed by atoms with Crippen molar-refractivity contribution in [1.82, 2.24) is 0 Å². The number of carbonyl (C=O) groups excluding carboxylic acids is 1. The summed E-state index contributed by atoms with van der Waals surface area (Å²) in [5.41, 5.74) is 0.346. The number of phenols is 1. The van der Waals surface area contributed by atoms with Crippen molar-refractivity contribution in [2.45, 2.75) is 6.42 Å². The molecular weight excluding hydrogens is 235 g/mol. The van der Waals surface area contributed by atoms with E-state index >= 15 is 0 Å². The summed E-state index contributed by atoms with van der Waals surface area (Å²) in [6.45, 7) is 0. The monoisotopic (exact) mass is 249 g/mol. The molecule has 1 unspecified atom stereocenters. The number of phenolic OH excluding ortho intramolecular Hbond substituents is 1. The van der Waals surface area contributed by atoms with Gasteiger partial charge in [0.2, 0.25) is 0 Å². The second-order valence-corrected chi connectivity index (χ2v) is 3.95. The SMILES string of the molecule is O=C(/C=C/C1C=CC=CC1)c1ccccc1O.[Na]. The standard InChI is InChI=1S/C15H14O2.Na/c16-14-9-5-4-8-13(14)15(17)11-10-12-6-2-1-3-7-12;/h1-6,8-12,16H,7H2;/b11-10+;. The van der Waals surface area contributed by atoms with Gasteiger partial charge >= 0.3 is 0 Å². The number of hydrogen-bond donors (Lipinski definition) is 1. The van der Waals surface area contributed by atoms with E-state index in [-0.39, 0.29) is 47.0 Å². The Morgan fingerprint density at radius 2 is 2.06 bits per heavy atom. The zero-order valence-electron chi connectivity index (χ0n) is 10.4. The van der Waals surface area contributed by atoms with Crippen LogP contribution in [-0.4, -0.2) is 40.4 Å². The van der Waals surface area contributed by atoms with Crippen LogP contribution in [0, 0.1) is 5.92 Å². The normalized spacial score (nSPS) is 17.7. The van der Waals surface area contributed by atoms with Crippen molar-refractivity contribution in [3.8, 4) is 5.75 Å². The maximum absolute atomic E-state index is 11.8. The van der Waals surface area contributed by atoms with Gasteiger partial charge in [0.25, 0.3) is 0 Å². The summed E-state index contributed by atoms with van der Waals surface area (Å²) in [6.07, 6.45) is 12.4. The molecule has 87 valence electrons. The van der Waals surface area contributed by atoms with Gasteiger partial charge in [-0.3, -0.25) is 4.79 Å². The van der Waals surface area contributed by atoms with Crippen molar-refractivity contribution in [1.29, 1.82) is 0 Å². The molecular formula is C15H14NaO2. The Kier molecular flexibility index (Phi) is 6.13. The number of benzene rings is 1. The molecule has 1 aromatic rings. The first-order valence-corrected chi connectivity index (χ1v) is 5.61. The van der Waals surface area contributed by atoms with Crippen LogP contribution in [0.25, 0.3) is 0 Å². The molecule has 18 heavy (non-hydrogen) atoms. The number of allylic oxidation sites excluding steroid dienone is 6. The van der Waals surface area contributed by atoms with Crippen molar-refractivity contribution in [3.05, 3.63) is 66.3 Å². The van der Waals surface area contributed by atoms with Gasteiger partial charge in [-0.15, -0.1) is 0 Å². The summed E-state index contributed by atoms with van der Waals surface area (Å²) < 4.78 is 0. The van der Waals surface area contributed by atoms with Crippen LogP contribution in [0.3, 0.4) is 0 Å². The summed E-state index contributed by atoms with van der Waals surface area (Å²) in [5, 5.41) is 9.54. The van der Waals surface area contributed by atoms with Crippen molar-refractivity contribution < 1.29 is 9.90 Å². The van der Waals surface area contributed by atoms with E-state index in [1.807, 2.05) is 18.2 Å². The van der Waals surface area contributed by atoms with Crippen molar-refractivity contribution >= 4 is 35.3 Å². The molecule has 0 amide bonds. The number of aromatic hydroxyl groups is 1. The third-order valence-corrected chi connectivity index (χ3v) is 2.68. The summed E-state index contributed by atoms with van der Waals surface area (Å²) >= 11 is 0. The van der Waals surface area contributed by atoms with Gasteiger partial charge in [0.05, 0.1) is 5.56 Å². The largest absolute Gasteiger partial charge is 0.507 e. The molecule has 3 heteroatoms. The Hall–Kier alpha value is -1.09. The summed E-state index contributed by atoms with van der Waals surface area (Å²) in [7, 11) is 0. The first-order chi connectivity index (χ1) is 8.27. The smallest absolute Gasteiger partial charge is 0.189 e. The van der Waals surface area contributed by atoms with Crippen molar-refractivity contribution in [3.63, 3.8) is 0 Å². The van der Waals surface area contributed by atoms with Crippen LogP contribution in [0.2, 0.25) is 0 Å². The van der Waals surface area contributed by atoms with Gasteiger partial charge < -0.3 is 5.11 Å². The third kappa shape index (κ3) is 3.98. The topological polar surface area (TPSA) is 37.3 Å². The molecule has 0 saturated carbocycles. The quantitative estimate of drug-likeness (QED) is 0.508. The molecule has 1 aliphatic carbocycles. The Bertz CT molecular complexity index is 501. The number of hydrogen-bond acceptors (Lipinski definition) is 2. The molecule has 0 fully saturated rings. The molecule has 2 nitrogen and oxygen atoms in total. The Morgan fingerprint density at radius 1 is 1.28 bits per heavy atom. The zero-order chi connectivity index (χ0) is 12.1. The van der Waals surface area contributed by atoms with E-state index in [4.69, 9.17) is 0 Å².